The highest BCUT2D eigenvalue weighted by Gasteiger charge is 2.11. The minimum absolute atomic E-state index is 0.819. The van der Waals surface area contributed by atoms with Crippen LogP contribution in [0, 0.1) is 5.92 Å². The Kier molecular flexibility index (Phi) is 13.0. The van der Waals surface area contributed by atoms with Gasteiger partial charge in [0.25, 0.3) is 0 Å². The van der Waals surface area contributed by atoms with Crippen molar-refractivity contribution in [2.75, 3.05) is 0 Å². The SMILES string of the molecule is C=C(CCCC)C(CCCCC)CCCCCC. The van der Waals surface area contributed by atoms with Crippen molar-refractivity contribution < 1.29 is 0 Å². The number of rotatable bonds is 13. The van der Waals surface area contributed by atoms with Crippen molar-refractivity contribution in [2.24, 2.45) is 5.92 Å². The predicted molar refractivity (Wildman–Crippen MR) is 85.1 cm³/mol. The minimum atomic E-state index is 0.819. The maximum atomic E-state index is 4.37. The van der Waals surface area contributed by atoms with Crippen LogP contribution in [0.15, 0.2) is 12.2 Å². The molecule has 0 bridgehead atoms. The third-order valence-corrected chi connectivity index (χ3v) is 3.99. The first-order valence-electron chi connectivity index (χ1n) is 8.43. The van der Waals surface area contributed by atoms with Crippen LogP contribution in [0.5, 0.6) is 0 Å². The Balaban J connectivity index is 3.93. The third-order valence-electron chi connectivity index (χ3n) is 3.99. The molecule has 1 unspecified atom stereocenters. The van der Waals surface area contributed by atoms with Gasteiger partial charge in [0.05, 0.1) is 0 Å². The topological polar surface area (TPSA) is 0 Å². The van der Waals surface area contributed by atoms with Gasteiger partial charge in [-0.25, -0.2) is 0 Å². The second-order valence-corrected chi connectivity index (χ2v) is 5.80. The van der Waals surface area contributed by atoms with Crippen molar-refractivity contribution in [3.8, 4) is 0 Å². The molecule has 0 fully saturated rings. The molecule has 0 spiro atoms. The first-order chi connectivity index (χ1) is 8.76. The maximum Gasteiger partial charge on any atom is -0.0206 e. The Morgan fingerprint density at radius 3 is 1.78 bits per heavy atom. The fraction of sp³-hybridized carbons (Fsp3) is 0.889. The average Bonchev–Trinajstić information content (AvgIpc) is 2.39. The van der Waals surface area contributed by atoms with Gasteiger partial charge < -0.3 is 0 Å². The largest absolute Gasteiger partial charge is 0.0996 e. The van der Waals surface area contributed by atoms with Crippen LogP contribution in [-0.4, -0.2) is 0 Å². The maximum absolute atomic E-state index is 4.37. The summed E-state index contributed by atoms with van der Waals surface area (Å²) in [6, 6.07) is 0. The van der Waals surface area contributed by atoms with Crippen LogP contribution in [0.2, 0.25) is 0 Å². The van der Waals surface area contributed by atoms with Crippen molar-refractivity contribution in [3.63, 3.8) is 0 Å². The van der Waals surface area contributed by atoms with Gasteiger partial charge in [0, 0.05) is 0 Å². The molecule has 0 amide bonds. The molecular formula is C18H36. The molecule has 0 aromatic heterocycles. The molecule has 0 aliphatic carbocycles. The molecule has 1 atom stereocenters. The lowest BCUT2D eigenvalue weighted by atomic mass is 9.86. The molecule has 0 aromatic carbocycles. The average molecular weight is 252 g/mol. The van der Waals surface area contributed by atoms with Gasteiger partial charge in [-0.15, -0.1) is 0 Å². The Hall–Kier alpha value is -0.260. The lowest BCUT2D eigenvalue weighted by Gasteiger charge is -2.19. The number of hydrogen-bond acceptors (Lipinski definition) is 0. The Morgan fingerprint density at radius 2 is 1.22 bits per heavy atom. The molecule has 0 saturated heterocycles. The second kappa shape index (κ2) is 13.2. The molecule has 0 nitrogen and oxygen atoms in total. The van der Waals surface area contributed by atoms with Gasteiger partial charge >= 0.3 is 0 Å². The molecule has 108 valence electrons. The molecule has 18 heavy (non-hydrogen) atoms. The van der Waals surface area contributed by atoms with E-state index in [1.165, 1.54) is 77.0 Å². The van der Waals surface area contributed by atoms with Crippen LogP contribution in [-0.2, 0) is 0 Å². The number of allylic oxidation sites excluding steroid dienone is 1. The number of hydrogen-bond donors (Lipinski definition) is 0. The highest BCUT2D eigenvalue weighted by atomic mass is 14.2. The predicted octanol–water partition coefficient (Wildman–Crippen LogP) is 6.90. The monoisotopic (exact) mass is 252 g/mol. The molecule has 0 heteroatoms. The lowest BCUT2D eigenvalue weighted by Crippen LogP contribution is -2.04. The summed E-state index contributed by atoms with van der Waals surface area (Å²) in [6.07, 6.45) is 16.4. The van der Waals surface area contributed by atoms with Crippen LogP contribution >= 0.6 is 0 Å². The van der Waals surface area contributed by atoms with E-state index >= 15 is 0 Å². The standard InChI is InChI=1S/C18H36/c1-5-8-11-13-16-18(15-12-9-6-2)17(4)14-10-7-3/h18H,4-16H2,1-3H3. The fourth-order valence-corrected chi connectivity index (χ4v) is 2.62. The molecule has 0 aliphatic rings. The van der Waals surface area contributed by atoms with Crippen molar-refractivity contribution in [3.05, 3.63) is 12.2 Å². The number of unbranched alkanes of at least 4 members (excludes halogenated alkanes) is 6. The highest BCUT2D eigenvalue weighted by molar-refractivity contribution is 5.00. The van der Waals surface area contributed by atoms with E-state index < -0.39 is 0 Å². The summed E-state index contributed by atoms with van der Waals surface area (Å²) < 4.78 is 0. The molecule has 0 radical (unpaired) electrons. The summed E-state index contributed by atoms with van der Waals surface area (Å²) in [7, 11) is 0. The van der Waals surface area contributed by atoms with E-state index in [-0.39, 0.29) is 0 Å². The summed E-state index contributed by atoms with van der Waals surface area (Å²) in [5.41, 5.74) is 1.55. The first kappa shape index (κ1) is 17.7. The van der Waals surface area contributed by atoms with Gasteiger partial charge in [-0.2, -0.15) is 0 Å². The van der Waals surface area contributed by atoms with Crippen molar-refractivity contribution in [1.29, 1.82) is 0 Å². The molecular weight excluding hydrogens is 216 g/mol. The van der Waals surface area contributed by atoms with Crippen LogP contribution in [0.1, 0.15) is 97.8 Å². The molecule has 0 saturated carbocycles. The minimum Gasteiger partial charge on any atom is -0.0996 e. The smallest absolute Gasteiger partial charge is 0.0206 e. The third kappa shape index (κ3) is 9.74. The summed E-state index contributed by atoms with van der Waals surface area (Å²) >= 11 is 0. The van der Waals surface area contributed by atoms with Crippen molar-refractivity contribution >= 4 is 0 Å². The van der Waals surface area contributed by atoms with Gasteiger partial charge in [-0.05, 0) is 31.6 Å². The van der Waals surface area contributed by atoms with Gasteiger partial charge in [-0.1, -0.05) is 84.3 Å². The lowest BCUT2D eigenvalue weighted by molar-refractivity contribution is 0.446. The highest BCUT2D eigenvalue weighted by Crippen LogP contribution is 2.27. The summed E-state index contributed by atoms with van der Waals surface area (Å²) in [5, 5.41) is 0. The molecule has 0 heterocycles. The molecule has 0 aliphatic heterocycles. The van der Waals surface area contributed by atoms with E-state index in [0.717, 1.165) is 5.92 Å². The Labute approximate surface area is 116 Å². The molecule has 0 rings (SSSR count). The van der Waals surface area contributed by atoms with Crippen LogP contribution in [0.25, 0.3) is 0 Å². The Morgan fingerprint density at radius 1 is 0.722 bits per heavy atom. The van der Waals surface area contributed by atoms with E-state index in [2.05, 4.69) is 27.4 Å². The van der Waals surface area contributed by atoms with Gasteiger partial charge in [-0.3, -0.25) is 0 Å². The Bertz CT molecular complexity index is 180. The summed E-state index contributed by atoms with van der Waals surface area (Å²) in [4.78, 5) is 0. The van der Waals surface area contributed by atoms with Crippen LogP contribution in [0.3, 0.4) is 0 Å². The van der Waals surface area contributed by atoms with E-state index in [0.29, 0.717) is 0 Å². The first-order valence-corrected chi connectivity index (χ1v) is 8.43. The zero-order valence-electron chi connectivity index (χ0n) is 13.3. The van der Waals surface area contributed by atoms with E-state index in [9.17, 15) is 0 Å². The van der Waals surface area contributed by atoms with Gasteiger partial charge in [0.15, 0.2) is 0 Å². The summed E-state index contributed by atoms with van der Waals surface area (Å²) in [5.74, 6) is 0.819. The normalized spacial score (nSPS) is 12.6. The van der Waals surface area contributed by atoms with E-state index in [4.69, 9.17) is 0 Å². The summed E-state index contributed by atoms with van der Waals surface area (Å²) in [6.45, 7) is 11.2. The van der Waals surface area contributed by atoms with E-state index in [1.807, 2.05) is 0 Å². The molecule has 0 N–H and O–H groups in total. The van der Waals surface area contributed by atoms with Crippen molar-refractivity contribution in [2.45, 2.75) is 97.8 Å². The van der Waals surface area contributed by atoms with Crippen LogP contribution in [0.4, 0.5) is 0 Å². The zero-order chi connectivity index (χ0) is 13.6. The van der Waals surface area contributed by atoms with Gasteiger partial charge in [0.1, 0.15) is 0 Å². The fourth-order valence-electron chi connectivity index (χ4n) is 2.62. The quantitative estimate of drug-likeness (QED) is 0.247. The zero-order valence-corrected chi connectivity index (χ0v) is 13.3. The van der Waals surface area contributed by atoms with E-state index in [1.54, 1.807) is 5.57 Å². The van der Waals surface area contributed by atoms with Gasteiger partial charge in [0.2, 0.25) is 0 Å². The van der Waals surface area contributed by atoms with Crippen molar-refractivity contribution in [1.82, 2.24) is 0 Å². The second-order valence-electron chi connectivity index (χ2n) is 5.80. The van der Waals surface area contributed by atoms with Crippen LogP contribution < -0.4 is 0 Å². The molecule has 0 aromatic rings.